The van der Waals surface area contributed by atoms with Crippen molar-refractivity contribution in [2.45, 2.75) is 57.8 Å². The molecule has 0 spiro atoms. The van der Waals surface area contributed by atoms with E-state index in [1.165, 1.54) is 18.9 Å². The highest BCUT2D eigenvalue weighted by Crippen LogP contribution is 2.30. The molecule has 0 bridgehead atoms. The van der Waals surface area contributed by atoms with Crippen LogP contribution in [0.2, 0.25) is 0 Å². The second kappa shape index (κ2) is 6.49. The lowest BCUT2D eigenvalue weighted by Crippen LogP contribution is -2.32. The van der Waals surface area contributed by atoms with Gasteiger partial charge >= 0.3 is 0 Å². The molecule has 1 atom stereocenters. The monoisotopic (exact) mass is 266 g/mol. The van der Waals surface area contributed by atoms with Crippen molar-refractivity contribution in [1.29, 1.82) is 0 Å². The van der Waals surface area contributed by atoms with E-state index in [2.05, 4.69) is 0 Å². The molecule has 1 heterocycles. The summed E-state index contributed by atoms with van der Waals surface area (Å²) in [5.41, 5.74) is -0.0875. The standard InChI is InChI=1S/C16H23FO2/c1-16(2,13-9-6-7-10-14(13)17)19-15-11-5-3-4-8-12-18-15/h6-7,9-10,15H,3-5,8,11-12H2,1-2H3. The van der Waals surface area contributed by atoms with Crippen LogP contribution in [0, 0.1) is 5.82 Å². The van der Waals surface area contributed by atoms with E-state index in [-0.39, 0.29) is 12.1 Å². The van der Waals surface area contributed by atoms with Crippen molar-refractivity contribution in [2.75, 3.05) is 6.61 Å². The first-order valence-corrected chi connectivity index (χ1v) is 7.14. The first-order valence-electron chi connectivity index (χ1n) is 7.14. The minimum atomic E-state index is -0.671. The predicted octanol–water partition coefficient (Wildman–Crippen LogP) is 4.38. The molecule has 0 N–H and O–H groups in total. The molecule has 1 aromatic rings. The van der Waals surface area contributed by atoms with Crippen LogP contribution < -0.4 is 0 Å². The zero-order chi connectivity index (χ0) is 13.7. The van der Waals surface area contributed by atoms with E-state index in [1.807, 2.05) is 19.9 Å². The molecule has 1 aromatic carbocycles. The van der Waals surface area contributed by atoms with E-state index in [9.17, 15) is 4.39 Å². The lowest BCUT2D eigenvalue weighted by Gasteiger charge is -2.32. The average Bonchev–Trinajstić information content (AvgIpc) is 2.33. The molecule has 1 unspecified atom stereocenters. The van der Waals surface area contributed by atoms with Gasteiger partial charge in [-0.05, 0) is 39.2 Å². The van der Waals surface area contributed by atoms with E-state index in [4.69, 9.17) is 9.47 Å². The van der Waals surface area contributed by atoms with Gasteiger partial charge in [-0.15, -0.1) is 0 Å². The maximum Gasteiger partial charge on any atom is 0.158 e. The summed E-state index contributed by atoms with van der Waals surface area (Å²) < 4.78 is 25.6. The van der Waals surface area contributed by atoms with Gasteiger partial charge in [0, 0.05) is 12.2 Å². The van der Waals surface area contributed by atoms with Crippen molar-refractivity contribution >= 4 is 0 Å². The minimum absolute atomic E-state index is 0.224. The van der Waals surface area contributed by atoms with Crippen molar-refractivity contribution in [2.24, 2.45) is 0 Å². The van der Waals surface area contributed by atoms with Crippen molar-refractivity contribution in [3.05, 3.63) is 35.6 Å². The molecule has 3 heteroatoms. The molecular formula is C16H23FO2. The highest BCUT2D eigenvalue weighted by atomic mass is 19.1. The largest absolute Gasteiger partial charge is 0.353 e. The summed E-state index contributed by atoms with van der Waals surface area (Å²) in [5.74, 6) is -0.224. The second-order valence-electron chi connectivity index (χ2n) is 5.61. The molecule has 0 aliphatic carbocycles. The quantitative estimate of drug-likeness (QED) is 0.808. The third kappa shape index (κ3) is 4.02. The molecule has 19 heavy (non-hydrogen) atoms. The van der Waals surface area contributed by atoms with Crippen molar-refractivity contribution in [3.8, 4) is 0 Å². The summed E-state index contributed by atoms with van der Waals surface area (Å²) in [5, 5.41) is 0. The number of hydrogen-bond donors (Lipinski definition) is 0. The summed E-state index contributed by atoms with van der Waals surface area (Å²) in [6, 6.07) is 6.78. The smallest absolute Gasteiger partial charge is 0.158 e. The van der Waals surface area contributed by atoms with Crippen LogP contribution >= 0.6 is 0 Å². The maximum atomic E-state index is 13.9. The minimum Gasteiger partial charge on any atom is -0.353 e. The van der Waals surface area contributed by atoms with Crippen molar-refractivity contribution < 1.29 is 13.9 Å². The highest BCUT2D eigenvalue weighted by molar-refractivity contribution is 5.23. The first-order chi connectivity index (χ1) is 9.09. The topological polar surface area (TPSA) is 18.5 Å². The fourth-order valence-corrected chi connectivity index (χ4v) is 2.50. The Balaban J connectivity index is 2.05. The fourth-order valence-electron chi connectivity index (χ4n) is 2.50. The lowest BCUT2D eigenvalue weighted by molar-refractivity contribution is -0.211. The Morgan fingerprint density at radius 3 is 2.68 bits per heavy atom. The van der Waals surface area contributed by atoms with E-state index in [1.54, 1.807) is 12.1 Å². The second-order valence-corrected chi connectivity index (χ2v) is 5.61. The van der Waals surface area contributed by atoms with E-state index >= 15 is 0 Å². The Hall–Kier alpha value is -0.930. The van der Waals surface area contributed by atoms with Crippen LogP contribution in [0.4, 0.5) is 4.39 Å². The van der Waals surface area contributed by atoms with Gasteiger partial charge in [-0.1, -0.05) is 31.0 Å². The number of rotatable bonds is 3. The zero-order valence-electron chi connectivity index (χ0n) is 11.8. The number of hydrogen-bond acceptors (Lipinski definition) is 2. The van der Waals surface area contributed by atoms with Gasteiger partial charge in [0.15, 0.2) is 6.29 Å². The third-order valence-electron chi connectivity index (χ3n) is 3.59. The van der Waals surface area contributed by atoms with Crippen LogP contribution in [0.5, 0.6) is 0 Å². The number of halogens is 1. The van der Waals surface area contributed by atoms with Gasteiger partial charge in [-0.3, -0.25) is 0 Å². The molecule has 0 aromatic heterocycles. The van der Waals surface area contributed by atoms with E-state index in [0.717, 1.165) is 25.9 Å². The number of ether oxygens (including phenoxy) is 2. The number of benzene rings is 1. The Kier molecular flexibility index (Phi) is 4.94. The molecule has 0 saturated carbocycles. The molecule has 2 nitrogen and oxygen atoms in total. The first kappa shape index (κ1) is 14.5. The van der Waals surface area contributed by atoms with Crippen molar-refractivity contribution in [3.63, 3.8) is 0 Å². The third-order valence-corrected chi connectivity index (χ3v) is 3.59. The summed E-state index contributed by atoms with van der Waals surface area (Å²) in [4.78, 5) is 0. The predicted molar refractivity (Wildman–Crippen MR) is 73.3 cm³/mol. The summed E-state index contributed by atoms with van der Waals surface area (Å²) >= 11 is 0. The molecule has 1 aliphatic heterocycles. The van der Waals surface area contributed by atoms with E-state index in [0.29, 0.717) is 5.56 Å². The summed E-state index contributed by atoms with van der Waals surface area (Å²) in [6.45, 7) is 4.53. The van der Waals surface area contributed by atoms with Gasteiger partial charge < -0.3 is 9.47 Å². The molecule has 0 amide bonds. The van der Waals surface area contributed by atoms with Gasteiger partial charge in [0.2, 0.25) is 0 Å². The van der Waals surface area contributed by atoms with Crippen LogP contribution in [0.3, 0.4) is 0 Å². The molecule has 2 rings (SSSR count). The van der Waals surface area contributed by atoms with Crippen LogP contribution in [0.1, 0.15) is 51.5 Å². The molecule has 1 saturated heterocycles. The average molecular weight is 266 g/mol. The normalized spacial score (nSPS) is 21.7. The molecule has 1 aliphatic rings. The van der Waals surface area contributed by atoms with Gasteiger partial charge in [0.25, 0.3) is 0 Å². The Labute approximate surface area is 114 Å². The van der Waals surface area contributed by atoms with Crippen LogP contribution in [-0.2, 0) is 15.1 Å². The van der Waals surface area contributed by atoms with Crippen LogP contribution in [-0.4, -0.2) is 12.9 Å². The van der Waals surface area contributed by atoms with Crippen LogP contribution in [0.25, 0.3) is 0 Å². The van der Waals surface area contributed by atoms with Gasteiger partial charge in [-0.25, -0.2) is 4.39 Å². The molecule has 1 fully saturated rings. The maximum absolute atomic E-state index is 13.9. The molecule has 106 valence electrons. The van der Waals surface area contributed by atoms with Crippen molar-refractivity contribution in [1.82, 2.24) is 0 Å². The SMILES string of the molecule is CC(C)(OC1CCCCCCO1)c1ccccc1F. The zero-order valence-corrected chi connectivity index (χ0v) is 11.8. The molecular weight excluding hydrogens is 243 g/mol. The highest BCUT2D eigenvalue weighted by Gasteiger charge is 2.29. The van der Waals surface area contributed by atoms with Gasteiger partial charge in [0.05, 0.1) is 5.60 Å². The Morgan fingerprint density at radius 1 is 1.16 bits per heavy atom. The summed E-state index contributed by atoms with van der Waals surface area (Å²) in [7, 11) is 0. The molecule has 0 radical (unpaired) electrons. The van der Waals surface area contributed by atoms with Crippen LogP contribution in [0.15, 0.2) is 24.3 Å². The van der Waals surface area contributed by atoms with Gasteiger partial charge in [0.1, 0.15) is 5.82 Å². The van der Waals surface area contributed by atoms with Gasteiger partial charge in [-0.2, -0.15) is 0 Å². The fraction of sp³-hybridized carbons (Fsp3) is 0.625. The van der Waals surface area contributed by atoms with E-state index < -0.39 is 5.60 Å². The lowest BCUT2D eigenvalue weighted by atomic mass is 9.97. The summed E-state index contributed by atoms with van der Waals surface area (Å²) in [6.07, 6.45) is 5.30. The Morgan fingerprint density at radius 2 is 1.89 bits per heavy atom. The Bertz CT molecular complexity index is 395.